The van der Waals surface area contributed by atoms with Gasteiger partial charge >= 0.3 is 0 Å². The third-order valence-corrected chi connectivity index (χ3v) is 2.90. The second-order valence-corrected chi connectivity index (χ2v) is 3.87. The molecule has 1 aromatic carbocycles. The zero-order chi connectivity index (χ0) is 10.3. The number of ketones is 1. The van der Waals surface area contributed by atoms with Gasteiger partial charge in [-0.1, -0.05) is 6.07 Å². The van der Waals surface area contributed by atoms with Crippen LogP contribution in [0.1, 0.15) is 17.3 Å². The Morgan fingerprint density at radius 2 is 2.07 bits per heavy atom. The number of hydrogen-bond acceptors (Lipinski definition) is 2. The fraction of sp³-hybridized carbons (Fsp3) is 0.200. The van der Waals surface area contributed by atoms with Gasteiger partial charge in [0.25, 0.3) is 11.7 Å². The van der Waals surface area contributed by atoms with Crippen LogP contribution >= 0.6 is 15.9 Å². The maximum atomic E-state index is 11.5. The fourth-order valence-electron chi connectivity index (χ4n) is 1.61. The number of anilines is 1. The summed E-state index contributed by atoms with van der Waals surface area (Å²) in [4.78, 5) is 24.5. The molecule has 1 amide bonds. The van der Waals surface area contributed by atoms with Gasteiger partial charge in [0.05, 0.1) is 11.3 Å². The highest BCUT2D eigenvalue weighted by molar-refractivity contribution is 9.10. The second-order valence-electron chi connectivity index (χ2n) is 3.01. The van der Waals surface area contributed by atoms with Crippen LogP contribution in [-0.4, -0.2) is 18.2 Å². The van der Waals surface area contributed by atoms with Gasteiger partial charge in [-0.05, 0) is 35.0 Å². The van der Waals surface area contributed by atoms with E-state index in [2.05, 4.69) is 15.9 Å². The second kappa shape index (κ2) is 3.20. The van der Waals surface area contributed by atoms with Crippen molar-refractivity contribution in [3.8, 4) is 0 Å². The number of carbonyl (C=O) groups is 2. The van der Waals surface area contributed by atoms with Crippen molar-refractivity contribution in [3.63, 3.8) is 0 Å². The molecule has 0 unspecified atom stereocenters. The van der Waals surface area contributed by atoms with Crippen LogP contribution < -0.4 is 4.90 Å². The maximum absolute atomic E-state index is 11.5. The first kappa shape index (κ1) is 9.40. The average molecular weight is 254 g/mol. The van der Waals surface area contributed by atoms with Gasteiger partial charge in [-0.25, -0.2) is 0 Å². The molecule has 1 aromatic rings. The molecular weight excluding hydrogens is 246 g/mol. The Kier molecular flexibility index (Phi) is 2.15. The summed E-state index contributed by atoms with van der Waals surface area (Å²) in [6, 6.07) is 5.26. The highest BCUT2D eigenvalue weighted by atomic mass is 79.9. The van der Waals surface area contributed by atoms with Crippen molar-refractivity contribution in [2.24, 2.45) is 0 Å². The van der Waals surface area contributed by atoms with E-state index in [1.54, 1.807) is 12.1 Å². The Hall–Kier alpha value is -1.16. The molecule has 1 aliphatic heterocycles. The topological polar surface area (TPSA) is 37.4 Å². The summed E-state index contributed by atoms with van der Waals surface area (Å²) >= 11 is 3.34. The predicted molar refractivity (Wildman–Crippen MR) is 56.5 cm³/mol. The summed E-state index contributed by atoms with van der Waals surface area (Å²) in [5.41, 5.74) is 1.19. The van der Waals surface area contributed by atoms with Crippen LogP contribution in [0, 0.1) is 0 Å². The Bertz CT molecular complexity index is 428. The van der Waals surface area contributed by atoms with E-state index in [0.29, 0.717) is 17.8 Å². The summed E-state index contributed by atoms with van der Waals surface area (Å²) < 4.78 is 0.788. The van der Waals surface area contributed by atoms with E-state index >= 15 is 0 Å². The number of halogens is 1. The summed E-state index contributed by atoms with van der Waals surface area (Å²) in [6.07, 6.45) is 0. The minimum absolute atomic E-state index is 0.414. The lowest BCUT2D eigenvalue weighted by Gasteiger charge is -2.14. The standard InChI is InChI=1S/C10H8BrNO2/c1-2-12-8-6(9(13)10(12)14)4-3-5-7(8)11/h3-5H,2H2,1H3. The fourth-order valence-corrected chi connectivity index (χ4v) is 2.19. The molecule has 14 heavy (non-hydrogen) atoms. The molecule has 2 rings (SSSR count). The lowest BCUT2D eigenvalue weighted by molar-refractivity contribution is -0.114. The molecule has 1 heterocycles. The molecule has 0 spiro atoms. The highest BCUT2D eigenvalue weighted by Crippen LogP contribution is 2.35. The van der Waals surface area contributed by atoms with Crippen molar-refractivity contribution in [2.45, 2.75) is 6.92 Å². The van der Waals surface area contributed by atoms with Gasteiger partial charge in [0.2, 0.25) is 0 Å². The number of nitrogens with zero attached hydrogens (tertiary/aromatic N) is 1. The molecule has 4 heteroatoms. The van der Waals surface area contributed by atoms with Gasteiger partial charge in [-0.15, -0.1) is 0 Å². The van der Waals surface area contributed by atoms with E-state index < -0.39 is 11.7 Å². The monoisotopic (exact) mass is 253 g/mol. The number of fused-ring (bicyclic) bond motifs is 1. The molecule has 0 radical (unpaired) electrons. The summed E-state index contributed by atoms with van der Waals surface area (Å²) in [7, 11) is 0. The van der Waals surface area contributed by atoms with Crippen LogP contribution in [0.2, 0.25) is 0 Å². The molecule has 0 aromatic heterocycles. The first-order chi connectivity index (χ1) is 6.66. The minimum Gasteiger partial charge on any atom is -0.304 e. The third kappa shape index (κ3) is 1.10. The van der Waals surface area contributed by atoms with Gasteiger partial charge in [0.1, 0.15) is 0 Å². The lowest BCUT2D eigenvalue weighted by Crippen LogP contribution is -2.29. The van der Waals surface area contributed by atoms with Crippen molar-refractivity contribution < 1.29 is 9.59 Å². The van der Waals surface area contributed by atoms with Crippen molar-refractivity contribution in [1.82, 2.24) is 0 Å². The third-order valence-electron chi connectivity index (χ3n) is 2.26. The first-order valence-electron chi connectivity index (χ1n) is 4.31. The zero-order valence-corrected chi connectivity index (χ0v) is 9.17. The highest BCUT2D eigenvalue weighted by Gasteiger charge is 2.35. The number of amides is 1. The molecule has 0 N–H and O–H groups in total. The average Bonchev–Trinajstić information content (AvgIpc) is 2.43. The van der Waals surface area contributed by atoms with Gasteiger partial charge in [-0.2, -0.15) is 0 Å². The molecule has 0 fully saturated rings. The lowest BCUT2D eigenvalue weighted by atomic mass is 10.1. The Morgan fingerprint density at radius 3 is 2.71 bits per heavy atom. The molecule has 0 aliphatic carbocycles. The van der Waals surface area contributed by atoms with Crippen LogP contribution in [0.25, 0.3) is 0 Å². The van der Waals surface area contributed by atoms with E-state index in [0.717, 1.165) is 4.47 Å². The number of rotatable bonds is 1. The molecule has 0 atom stereocenters. The minimum atomic E-state index is -0.436. The van der Waals surface area contributed by atoms with Crippen LogP contribution in [0.15, 0.2) is 22.7 Å². The SMILES string of the molecule is CCN1C(=O)C(=O)c2cccc(Br)c21. The van der Waals surface area contributed by atoms with Gasteiger partial charge in [0, 0.05) is 11.0 Å². The van der Waals surface area contributed by atoms with E-state index in [9.17, 15) is 9.59 Å². The first-order valence-corrected chi connectivity index (χ1v) is 5.10. The van der Waals surface area contributed by atoms with Gasteiger partial charge < -0.3 is 4.90 Å². The van der Waals surface area contributed by atoms with Crippen molar-refractivity contribution in [1.29, 1.82) is 0 Å². The predicted octanol–water partition coefficient (Wildman–Crippen LogP) is 2.00. The number of benzene rings is 1. The number of likely N-dealkylation sites (N-methyl/N-ethyl adjacent to an activating group) is 1. The Labute approximate surface area is 89.8 Å². The zero-order valence-electron chi connectivity index (χ0n) is 7.58. The largest absolute Gasteiger partial charge is 0.304 e. The van der Waals surface area contributed by atoms with Crippen molar-refractivity contribution in [2.75, 3.05) is 11.4 Å². The quantitative estimate of drug-likeness (QED) is 0.719. The summed E-state index contributed by atoms with van der Waals surface area (Å²) in [6.45, 7) is 2.36. The number of para-hydroxylation sites is 1. The van der Waals surface area contributed by atoms with Crippen LogP contribution in [0.5, 0.6) is 0 Å². The molecule has 1 aliphatic rings. The maximum Gasteiger partial charge on any atom is 0.299 e. The number of hydrogen-bond donors (Lipinski definition) is 0. The molecule has 3 nitrogen and oxygen atoms in total. The van der Waals surface area contributed by atoms with Crippen LogP contribution in [-0.2, 0) is 4.79 Å². The molecule has 0 bridgehead atoms. The van der Waals surface area contributed by atoms with Gasteiger partial charge in [-0.3, -0.25) is 9.59 Å². The van der Waals surface area contributed by atoms with Crippen molar-refractivity contribution in [3.05, 3.63) is 28.2 Å². The summed E-state index contributed by atoms with van der Waals surface area (Å²) in [5, 5.41) is 0. The number of carbonyl (C=O) groups excluding carboxylic acids is 2. The van der Waals surface area contributed by atoms with Gasteiger partial charge in [0.15, 0.2) is 0 Å². The summed E-state index contributed by atoms with van der Waals surface area (Å²) in [5.74, 6) is -0.849. The van der Waals surface area contributed by atoms with E-state index in [-0.39, 0.29) is 0 Å². The number of Topliss-reactive ketones (excluding diaryl/α,β-unsaturated/α-hetero) is 1. The normalized spacial score (nSPS) is 14.9. The van der Waals surface area contributed by atoms with E-state index in [4.69, 9.17) is 0 Å². The Balaban J connectivity index is 2.68. The Morgan fingerprint density at radius 1 is 1.36 bits per heavy atom. The van der Waals surface area contributed by atoms with Crippen LogP contribution in [0.4, 0.5) is 5.69 Å². The molecule has 0 saturated heterocycles. The molecular formula is C10H8BrNO2. The smallest absolute Gasteiger partial charge is 0.299 e. The molecule has 0 saturated carbocycles. The van der Waals surface area contributed by atoms with Crippen LogP contribution in [0.3, 0.4) is 0 Å². The van der Waals surface area contributed by atoms with E-state index in [1.165, 1.54) is 4.90 Å². The molecule has 72 valence electrons. The van der Waals surface area contributed by atoms with E-state index in [1.807, 2.05) is 13.0 Å². The van der Waals surface area contributed by atoms with Crippen molar-refractivity contribution >= 4 is 33.3 Å².